The number of hydrogen-bond donors (Lipinski definition) is 1. The molecule has 108 valence electrons. The van der Waals surface area contributed by atoms with Crippen molar-refractivity contribution in [1.82, 2.24) is 9.55 Å². The quantitative estimate of drug-likeness (QED) is 0.911. The van der Waals surface area contributed by atoms with Gasteiger partial charge >= 0.3 is 0 Å². The molecule has 0 aliphatic heterocycles. The van der Waals surface area contributed by atoms with Gasteiger partial charge < -0.3 is 10.3 Å². The van der Waals surface area contributed by atoms with Crippen LogP contribution in [0.1, 0.15) is 44.6 Å². The lowest BCUT2D eigenvalue weighted by atomic mass is 9.81. The van der Waals surface area contributed by atoms with Crippen molar-refractivity contribution in [3.8, 4) is 0 Å². The molecule has 1 fully saturated rings. The zero-order chi connectivity index (χ0) is 14.1. The fraction of sp³-hybridized carbons (Fsp3) is 0.588. The van der Waals surface area contributed by atoms with Crippen LogP contribution in [0.3, 0.4) is 0 Å². The largest absolute Gasteiger partial charge is 0.369 e. The number of fused-ring (bicyclic) bond motifs is 1. The molecule has 1 saturated carbocycles. The number of aromatic nitrogens is 2. The lowest BCUT2D eigenvalue weighted by Crippen LogP contribution is -2.15. The number of nitrogens with zero attached hydrogens (tertiary/aromatic N) is 2. The van der Waals surface area contributed by atoms with Crippen LogP contribution in [-0.4, -0.2) is 9.55 Å². The van der Waals surface area contributed by atoms with E-state index < -0.39 is 0 Å². The molecule has 1 aromatic heterocycles. The average Bonchev–Trinajstić information content (AvgIpc) is 2.71. The highest BCUT2D eigenvalue weighted by Gasteiger charge is 2.19. The van der Waals surface area contributed by atoms with Gasteiger partial charge in [-0.25, -0.2) is 4.98 Å². The Morgan fingerprint density at radius 3 is 3.00 bits per heavy atom. The van der Waals surface area contributed by atoms with Crippen LogP contribution in [0, 0.1) is 18.8 Å². The Bertz CT molecular complexity index is 600. The highest BCUT2D eigenvalue weighted by atomic mass is 15.1. The van der Waals surface area contributed by atoms with Crippen molar-refractivity contribution in [3.63, 3.8) is 0 Å². The van der Waals surface area contributed by atoms with E-state index in [0.29, 0.717) is 5.95 Å². The maximum Gasteiger partial charge on any atom is 0.201 e. The van der Waals surface area contributed by atoms with Gasteiger partial charge in [0, 0.05) is 6.54 Å². The molecule has 1 heterocycles. The summed E-state index contributed by atoms with van der Waals surface area (Å²) in [6, 6.07) is 6.41. The van der Waals surface area contributed by atoms with Crippen LogP contribution in [0.25, 0.3) is 11.0 Å². The molecule has 0 bridgehead atoms. The van der Waals surface area contributed by atoms with Crippen molar-refractivity contribution in [2.45, 2.75) is 52.5 Å². The molecule has 1 aliphatic rings. The molecule has 1 aromatic carbocycles. The lowest BCUT2D eigenvalue weighted by Gasteiger charge is -2.26. The third kappa shape index (κ3) is 2.67. The summed E-state index contributed by atoms with van der Waals surface area (Å²) < 4.78 is 2.19. The molecule has 20 heavy (non-hydrogen) atoms. The Morgan fingerprint density at radius 2 is 2.20 bits per heavy atom. The van der Waals surface area contributed by atoms with E-state index in [0.717, 1.165) is 23.9 Å². The minimum absolute atomic E-state index is 0.662. The second-order valence-corrected chi connectivity index (χ2v) is 6.54. The zero-order valence-electron chi connectivity index (χ0n) is 12.6. The van der Waals surface area contributed by atoms with Gasteiger partial charge in [0.15, 0.2) is 0 Å². The number of aryl methyl sites for hydroxylation is 2. The van der Waals surface area contributed by atoms with E-state index in [9.17, 15) is 0 Å². The third-order valence-corrected chi connectivity index (χ3v) is 4.74. The van der Waals surface area contributed by atoms with Crippen molar-refractivity contribution >= 4 is 17.0 Å². The summed E-state index contributed by atoms with van der Waals surface area (Å²) in [5.74, 6) is 2.42. The number of benzene rings is 1. The maximum absolute atomic E-state index is 6.10. The first kappa shape index (κ1) is 13.5. The zero-order valence-corrected chi connectivity index (χ0v) is 12.6. The minimum atomic E-state index is 0.662. The van der Waals surface area contributed by atoms with Crippen molar-refractivity contribution in [1.29, 1.82) is 0 Å². The van der Waals surface area contributed by atoms with E-state index in [2.05, 4.69) is 41.6 Å². The molecule has 2 unspecified atom stereocenters. The Morgan fingerprint density at radius 1 is 1.35 bits per heavy atom. The SMILES string of the molecule is Cc1ccc2c(c1)nc(N)n2CCC1CCCC(C)C1. The fourth-order valence-electron chi connectivity index (χ4n) is 3.63. The Hall–Kier alpha value is -1.51. The molecule has 3 nitrogen and oxygen atoms in total. The van der Waals surface area contributed by atoms with E-state index in [1.54, 1.807) is 0 Å². The molecule has 0 spiro atoms. The van der Waals surface area contributed by atoms with Crippen LogP contribution in [0.4, 0.5) is 5.95 Å². The molecule has 3 rings (SSSR count). The molecular formula is C17H25N3. The van der Waals surface area contributed by atoms with Crippen molar-refractivity contribution in [2.24, 2.45) is 11.8 Å². The van der Waals surface area contributed by atoms with Crippen molar-refractivity contribution in [2.75, 3.05) is 5.73 Å². The van der Waals surface area contributed by atoms with E-state index in [4.69, 9.17) is 5.73 Å². The molecular weight excluding hydrogens is 246 g/mol. The molecule has 2 atom stereocenters. The number of rotatable bonds is 3. The van der Waals surface area contributed by atoms with Crippen LogP contribution in [-0.2, 0) is 6.54 Å². The van der Waals surface area contributed by atoms with Crippen LogP contribution >= 0.6 is 0 Å². The lowest BCUT2D eigenvalue weighted by molar-refractivity contribution is 0.262. The summed E-state index contributed by atoms with van der Waals surface area (Å²) in [5.41, 5.74) is 9.54. The number of hydrogen-bond acceptors (Lipinski definition) is 2. The first-order valence-corrected chi connectivity index (χ1v) is 7.86. The normalized spacial score (nSPS) is 23.3. The average molecular weight is 271 g/mol. The van der Waals surface area contributed by atoms with Gasteiger partial charge in [0.05, 0.1) is 11.0 Å². The summed E-state index contributed by atoms with van der Waals surface area (Å²) in [5, 5.41) is 0. The van der Waals surface area contributed by atoms with Gasteiger partial charge in [-0.2, -0.15) is 0 Å². The maximum atomic E-state index is 6.10. The second-order valence-electron chi connectivity index (χ2n) is 6.54. The second kappa shape index (κ2) is 5.47. The predicted octanol–water partition coefficient (Wildman–Crippen LogP) is 4.14. The van der Waals surface area contributed by atoms with Gasteiger partial charge in [-0.3, -0.25) is 0 Å². The number of anilines is 1. The van der Waals surface area contributed by atoms with Gasteiger partial charge in [0.2, 0.25) is 5.95 Å². The predicted molar refractivity (Wildman–Crippen MR) is 84.6 cm³/mol. The van der Waals surface area contributed by atoms with E-state index in [-0.39, 0.29) is 0 Å². The smallest absolute Gasteiger partial charge is 0.201 e. The monoisotopic (exact) mass is 271 g/mol. The summed E-state index contributed by atoms with van der Waals surface area (Å²) in [6.45, 7) is 5.48. The summed E-state index contributed by atoms with van der Waals surface area (Å²) in [7, 11) is 0. The summed E-state index contributed by atoms with van der Waals surface area (Å²) in [4.78, 5) is 4.49. The van der Waals surface area contributed by atoms with Gasteiger partial charge in [0.1, 0.15) is 0 Å². The minimum Gasteiger partial charge on any atom is -0.369 e. The topological polar surface area (TPSA) is 43.8 Å². The van der Waals surface area contributed by atoms with Crippen molar-refractivity contribution in [3.05, 3.63) is 23.8 Å². The third-order valence-electron chi connectivity index (χ3n) is 4.74. The van der Waals surface area contributed by atoms with Crippen LogP contribution < -0.4 is 5.73 Å². The Kier molecular flexibility index (Phi) is 3.68. The first-order valence-electron chi connectivity index (χ1n) is 7.86. The van der Waals surface area contributed by atoms with Crippen LogP contribution in [0.5, 0.6) is 0 Å². The number of nitrogen functional groups attached to an aromatic ring is 1. The number of imidazole rings is 1. The fourth-order valence-corrected chi connectivity index (χ4v) is 3.63. The highest BCUT2D eigenvalue weighted by molar-refractivity contribution is 5.79. The number of nitrogens with two attached hydrogens (primary N) is 1. The van der Waals surface area contributed by atoms with Gasteiger partial charge in [0.25, 0.3) is 0 Å². The Balaban J connectivity index is 1.75. The summed E-state index contributed by atoms with van der Waals surface area (Å²) in [6.07, 6.45) is 6.80. The molecule has 2 aromatic rings. The van der Waals surface area contributed by atoms with E-state index in [1.165, 1.54) is 43.2 Å². The molecule has 0 radical (unpaired) electrons. The molecule has 2 N–H and O–H groups in total. The van der Waals surface area contributed by atoms with E-state index in [1.807, 2.05) is 0 Å². The van der Waals surface area contributed by atoms with Crippen molar-refractivity contribution < 1.29 is 0 Å². The van der Waals surface area contributed by atoms with Gasteiger partial charge in [-0.15, -0.1) is 0 Å². The van der Waals surface area contributed by atoms with Gasteiger partial charge in [-0.05, 0) is 49.3 Å². The molecule has 1 aliphatic carbocycles. The highest BCUT2D eigenvalue weighted by Crippen LogP contribution is 2.31. The summed E-state index contributed by atoms with van der Waals surface area (Å²) >= 11 is 0. The van der Waals surface area contributed by atoms with E-state index >= 15 is 0 Å². The van der Waals surface area contributed by atoms with Crippen LogP contribution in [0.15, 0.2) is 18.2 Å². The molecule has 0 saturated heterocycles. The van der Waals surface area contributed by atoms with Gasteiger partial charge in [-0.1, -0.05) is 32.3 Å². The standard InChI is InChI=1S/C17H25N3/c1-12-4-3-5-14(10-12)8-9-20-16-7-6-13(2)11-15(16)19-17(20)18/h6-7,11-12,14H,3-5,8-10H2,1-2H3,(H2,18,19). The molecule has 3 heteroatoms. The van der Waals surface area contributed by atoms with Crippen LogP contribution in [0.2, 0.25) is 0 Å². The first-order chi connectivity index (χ1) is 9.63. The Labute approximate surface area is 121 Å². The molecule has 0 amide bonds.